The van der Waals surface area contributed by atoms with Crippen LogP contribution in [0.5, 0.6) is 11.5 Å². The molecule has 3 rings (SSSR count). The van der Waals surface area contributed by atoms with Crippen molar-refractivity contribution in [3.05, 3.63) is 88.4 Å². The second-order valence-electron chi connectivity index (χ2n) is 7.54. The highest BCUT2D eigenvalue weighted by Gasteiger charge is 2.08. The van der Waals surface area contributed by atoms with Crippen molar-refractivity contribution < 1.29 is 19.1 Å². The second kappa shape index (κ2) is 12.4. The summed E-state index contributed by atoms with van der Waals surface area (Å²) in [7, 11) is 1.56. The molecule has 34 heavy (non-hydrogen) atoms. The van der Waals surface area contributed by atoms with Gasteiger partial charge in [0, 0.05) is 23.6 Å². The number of halogens is 1. The van der Waals surface area contributed by atoms with Crippen LogP contribution in [0, 0.1) is 6.92 Å². The maximum atomic E-state index is 12.0. The van der Waals surface area contributed by atoms with E-state index in [1.807, 2.05) is 31.2 Å². The molecular formula is C26H26ClN3O4. The van der Waals surface area contributed by atoms with E-state index in [0.29, 0.717) is 28.8 Å². The van der Waals surface area contributed by atoms with Crippen molar-refractivity contribution >= 4 is 35.3 Å². The van der Waals surface area contributed by atoms with Gasteiger partial charge >= 0.3 is 0 Å². The fourth-order valence-electron chi connectivity index (χ4n) is 3.10. The average molecular weight is 480 g/mol. The largest absolute Gasteiger partial charge is 0.493 e. The number of carbonyl (C=O) groups is 2. The summed E-state index contributed by atoms with van der Waals surface area (Å²) in [5, 5.41) is 7.17. The maximum Gasteiger partial charge on any atom is 0.240 e. The molecule has 0 aromatic heterocycles. The molecule has 3 aromatic rings. The zero-order valence-corrected chi connectivity index (χ0v) is 19.8. The van der Waals surface area contributed by atoms with E-state index in [0.717, 1.165) is 11.1 Å². The van der Waals surface area contributed by atoms with Crippen LogP contribution >= 0.6 is 11.6 Å². The van der Waals surface area contributed by atoms with Gasteiger partial charge in [-0.25, -0.2) is 5.43 Å². The van der Waals surface area contributed by atoms with Crippen molar-refractivity contribution in [2.75, 3.05) is 12.4 Å². The monoisotopic (exact) mass is 479 g/mol. The summed E-state index contributed by atoms with van der Waals surface area (Å²) in [4.78, 5) is 24.0. The Labute approximate surface area is 203 Å². The Bertz CT molecular complexity index is 1180. The summed E-state index contributed by atoms with van der Waals surface area (Å²) in [6, 6.07) is 20.3. The van der Waals surface area contributed by atoms with Gasteiger partial charge in [-0.2, -0.15) is 5.10 Å². The topological polar surface area (TPSA) is 89.0 Å². The number of hydrogen-bond acceptors (Lipinski definition) is 5. The van der Waals surface area contributed by atoms with Crippen molar-refractivity contribution in [3.8, 4) is 11.5 Å². The zero-order valence-electron chi connectivity index (χ0n) is 19.0. The standard InChI is InChI=1S/C26H26ClN3O4/c1-18-5-3-6-20(13-18)17-34-23-10-9-19(14-24(23)33-2)16-28-30-26(32)12-11-25(31)29-22-8-4-7-21(27)15-22/h3-10,13-16H,11-12,17H2,1-2H3,(H,29,31)(H,30,32). The van der Waals surface area contributed by atoms with Gasteiger partial charge in [0.1, 0.15) is 6.61 Å². The van der Waals surface area contributed by atoms with Crippen LogP contribution in [-0.2, 0) is 16.2 Å². The lowest BCUT2D eigenvalue weighted by Crippen LogP contribution is -2.20. The molecule has 2 amide bonds. The van der Waals surface area contributed by atoms with Gasteiger partial charge in [-0.05, 0) is 54.4 Å². The van der Waals surface area contributed by atoms with E-state index in [1.54, 1.807) is 43.5 Å². The van der Waals surface area contributed by atoms with Crippen molar-refractivity contribution in [3.63, 3.8) is 0 Å². The SMILES string of the molecule is COc1cc(C=NNC(=O)CCC(=O)Nc2cccc(Cl)c2)ccc1OCc1cccc(C)c1. The summed E-state index contributed by atoms with van der Waals surface area (Å²) in [5.41, 5.74) is 5.96. The van der Waals surface area contributed by atoms with Gasteiger partial charge in [0.05, 0.1) is 13.3 Å². The van der Waals surface area contributed by atoms with Crippen molar-refractivity contribution in [1.82, 2.24) is 5.43 Å². The van der Waals surface area contributed by atoms with Crippen LogP contribution in [0.4, 0.5) is 5.69 Å². The Morgan fingerprint density at radius 1 is 0.971 bits per heavy atom. The number of carbonyl (C=O) groups excluding carboxylic acids is 2. The molecule has 0 fully saturated rings. The number of hydrazone groups is 1. The lowest BCUT2D eigenvalue weighted by atomic mass is 10.1. The molecule has 0 heterocycles. The van der Waals surface area contributed by atoms with Gasteiger partial charge in [0.25, 0.3) is 0 Å². The van der Waals surface area contributed by atoms with Crippen LogP contribution in [-0.4, -0.2) is 25.1 Å². The highest BCUT2D eigenvalue weighted by molar-refractivity contribution is 6.30. The van der Waals surface area contributed by atoms with E-state index in [-0.39, 0.29) is 24.7 Å². The van der Waals surface area contributed by atoms with Gasteiger partial charge in [-0.3, -0.25) is 9.59 Å². The van der Waals surface area contributed by atoms with Crippen LogP contribution < -0.4 is 20.2 Å². The molecule has 0 saturated heterocycles. The first-order valence-corrected chi connectivity index (χ1v) is 11.0. The predicted molar refractivity (Wildman–Crippen MR) is 134 cm³/mol. The number of amides is 2. The molecular weight excluding hydrogens is 454 g/mol. The molecule has 8 heteroatoms. The van der Waals surface area contributed by atoms with Gasteiger partial charge < -0.3 is 14.8 Å². The van der Waals surface area contributed by atoms with E-state index < -0.39 is 0 Å². The van der Waals surface area contributed by atoms with Gasteiger partial charge in [0.15, 0.2) is 11.5 Å². The number of aryl methyl sites for hydroxylation is 1. The third-order valence-corrected chi connectivity index (χ3v) is 4.99. The molecule has 7 nitrogen and oxygen atoms in total. The Hall–Kier alpha value is -3.84. The Morgan fingerprint density at radius 3 is 2.53 bits per heavy atom. The molecule has 2 N–H and O–H groups in total. The van der Waals surface area contributed by atoms with Crippen LogP contribution in [0.25, 0.3) is 0 Å². The number of anilines is 1. The molecule has 176 valence electrons. The molecule has 0 aliphatic heterocycles. The lowest BCUT2D eigenvalue weighted by Gasteiger charge is -2.11. The molecule has 0 spiro atoms. The number of nitrogens with zero attached hydrogens (tertiary/aromatic N) is 1. The lowest BCUT2D eigenvalue weighted by molar-refractivity contribution is -0.124. The van der Waals surface area contributed by atoms with Crippen LogP contribution in [0.15, 0.2) is 71.8 Å². The van der Waals surface area contributed by atoms with E-state index in [2.05, 4.69) is 21.9 Å². The minimum Gasteiger partial charge on any atom is -0.493 e. The second-order valence-corrected chi connectivity index (χ2v) is 7.98. The van der Waals surface area contributed by atoms with E-state index in [9.17, 15) is 9.59 Å². The van der Waals surface area contributed by atoms with Crippen molar-refractivity contribution in [2.24, 2.45) is 5.10 Å². The fourth-order valence-corrected chi connectivity index (χ4v) is 3.29. The smallest absolute Gasteiger partial charge is 0.240 e. The molecule has 0 bridgehead atoms. The third-order valence-electron chi connectivity index (χ3n) is 4.75. The first-order chi connectivity index (χ1) is 16.4. The average Bonchev–Trinajstić information content (AvgIpc) is 2.82. The Morgan fingerprint density at radius 2 is 1.76 bits per heavy atom. The van der Waals surface area contributed by atoms with Gasteiger partial charge in [-0.15, -0.1) is 0 Å². The predicted octanol–water partition coefficient (Wildman–Crippen LogP) is 5.11. The zero-order chi connectivity index (χ0) is 24.3. The van der Waals surface area contributed by atoms with E-state index in [1.165, 1.54) is 11.8 Å². The summed E-state index contributed by atoms with van der Waals surface area (Å²) < 4.78 is 11.3. The summed E-state index contributed by atoms with van der Waals surface area (Å²) in [6.07, 6.45) is 1.52. The molecule has 0 atom stereocenters. The minimum absolute atomic E-state index is 0.00119. The highest BCUT2D eigenvalue weighted by atomic mass is 35.5. The van der Waals surface area contributed by atoms with Crippen LogP contribution in [0.3, 0.4) is 0 Å². The summed E-state index contributed by atoms with van der Waals surface area (Å²) in [6.45, 7) is 2.46. The van der Waals surface area contributed by atoms with Gasteiger partial charge in [-0.1, -0.05) is 47.5 Å². The Kier molecular flexibility index (Phi) is 9.05. The maximum absolute atomic E-state index is 12.0. The third kappa shape index (κ3) is 7.94. The highest BCUT2D eigenvalue weighted by Crippen LogP contribution is 2.28. The fraction of sp³-hybridized carbons (Fsp3) is 0.192. The number of benzene rings is 3. The normalized spacial score (nSPS) is 10.7. The number of rotatable bonds is 10. The Balaban J connectivity index is 1.46. The van der Waals surface area contributed by atoms with Gasteiger partial charge in [0.2, 0.25) is 11.8 Å². The van der Waals surface area contributed by atoms with Crippen molar-refractivity contribution in [1.29, 1.82) is 0 Å². The van der Waals surface area contributed by atoms with Crippen LogP contribution in [0.2, 0.25) is 5.02 Å². The van der Waals surface area contributed by atoms with E-state index >= 15 is 0 Å². The molecule has 0 radical (unpaired) electrons. The molecule has 3 aromatic carbocycles. The number of nitrogens with one attached hydrogen (secondary N) is 2. The van der Waals surface area contributed by atoms with E-state index in [4.69, 9.17) is 21.1 Å². The van der Waals surface area contributed by atoms with Crippen molar-refractivity contribution in [2.45, 2.75) is 26.4 Å². The molecule has 0 saturated carbocycles. The first-order valence-electron chi connectivity index (χ1n) is 10.7. The summed E-state index contributed by atoms with van der Waals surface area (Å²) >= 11 is 5.89. The number of ether oxygens (including phenoxy) is 2. The first kappa shape index (κ1) is 24.8. The quantitative estimate of drug-likeness (QED) is 0.312. The molecule has 0 aliphatic rings. The molecule has 0 aliphatic carbocycles. The minimum atomic E-state index is -0.373. The number of hydrogen-bond donors (Lipinski definition) is 2. The molecule has 0 unspecified atom stereocenters. The number of methoxy groups -OCH3 is 1. The summed E-state index contributed by atoms with van der Waals surface area (Å²) in [5.74, 6) is 0.506. The van der Waals surface area contributed by atoms with Crippen LogP contribution in [0.1, 0.15) is 29.5 Å².